The predicted octanol–water partition coefficient (Wildman–Crippen LogP) is 3.43. The van der Waals surface area contributed by atoms with Crippen LogP contribution in [0, 0.1) is 12.7 Å². The molecule has 0 aliphatic carbocycles. The smallest absolute Gasteiger partial charge is 0.221 e. The normalized spacial score (nSPS) is 16.6. The van der Waals surface area contributed by atoms with Gasteiger partial charge in [-0.1, -0.05) is 12.1 Å². The summed E-state index contributed by atoms with van der Waals surface area (Å²) in [7, 11) is 1.64. The third-order valence-corrected chi connectivity index (χ3v) is 4.95. The summed E-state index contributed by atoms with van der Waals surface area (Å²) >= 11 is 0. The van der Waals surface area contributed by atoms with Crippen molar-refractivity contribution in [2.24, 2.45) is 0 Å². The summed E-state index contributed by atoms with van der Waals surface area (Å²) in [6.45, 7) is 6.37. The van der Waals surface area contributed by atoms with Gasteiger partial charge < -0.3 is 14.8 Å². The van der Waals surface area contributed by atoms with Gasteiger partial charge in [0.2, 0.25) is 5.91 Å². The number of fused-ring (bicyclic) bond motifs is 1. The number of methoxy groups -OCH3 is 1. The first-order chi connectivity index (χ1) is 13.4. The van der Waals surface area contributed by atoms with Crippen LogP contribution >= 0.6 is 0 Å². The van der Waals surface area contributed by atoms with Crippen molar-refractivity contribution in [2.45, 2.75) is 39.5 Å². The topological polar surface area (TPSA) is 50.8 Å². The van der Waals surface area contributed by atoms with Crippen LogP contribution in [-0.4, -0.2) is 37.1 Å². The maximum absolute atomic E-state index is 13.4. The number of halogens is 1. The summed E-state index contributed by atoms with van der Waals surface area (Å²) in [5.41, 5.74) is 2.85. The largest absolute Gasteiger partial charge is 0.497 e. The summed E-state index contributed by atoms with van der Waals surface area (Å²) in [5, 5.41) is 2.89. The lowest BCUT2D eigenvalue weighted by molar-refractivity contribution is -0.121. The van der Waals surface area contributed by atoms with Crippen molar-refractivity contribution in [2.75, 3.05) is 20.2 Å². The molecule has 0 radical (unpaired) electrons. The maximum Gasteiger partial charge on any atom is 0.221 e. The van der Waals surface area contributed by atoms with E-state index >= 15 is 0 Å². The third-order valence-electron chi connectivity index (χ3n) is 4.95. The predicted molar refractivity (Wildman–Crippen MR) is 106 cm³/mol. The van der Waals surface area contributed by atoms with Crippen LogP contribution in [0.5, 0.6) is 11.5 Å². The molecule has 3 rings (SSSR count). The third kappa shape index (κ3) is 5.23. The van der Waals surface area contributed by atoms with Gasteiger partial charge in [-0.3, -0.25) is 9.69 Å². The Morgan fingerprint density at radius 3 is 2.93 bits per heavy atom. The number of nitrogens with zero attached hydrogens (tertiary/aromatic N) is 1. The molecule has 2 aromatic carbocycles. The molecule has 1 heterocycles. The fourth-order valence-corrected chi connectivity index (χ4v) is 3.37. The van der Waals surface area contributed by atoms with Crippen molar-refractivity contribution in [1.29, 1.82) is 0 Å². The number of benzene rings is 2. The minimum absolute atomic E-state index is 0.0198. The Bertz CT molecular complexity index is 841. The van der Waals surface area contributed by atoms with E-state index in [1.54, 1.807) is 13.2 Å². The van der Waals surface area contributed by atoms with E-state index in [0.29, 0.717) is 19.5 Å². The Hall–Kier alpha value is -2.60. The van der Waals surface area contributed by atoms with Gasteiger partial charge in [0.15, 0.2) is 0 Å². The van der Waals surface area contributed by atoms with Crippen molar-refractivity contribution in [3.05, 3.63) is 58.9 Å². The fourth-order valence-electron chi connectivity index (χ4n) is 3.37. The van der Waals surface area contributed by atoms with Crippen LogP contribution in [0.1, 0.15) is 30.0 Å². The van der Waals surface area contributed by atoms with E-state index < -0.39 is 0 Å². The second kappa shape index (κ2) is 9.06. The van der Waals surface area contributed by atoms with Gasteiger partial charge in [0.05, 0.1) is 7.11 Å². The zero-order valence-corrected chi connectivity index (χ0v) is 16.6. The van der Waals surface area contributed by atoms with Crippen molar-refractivity contribution in [1.82, 2.24) is 10.2 Å². The van der Waals surface area contributed by atoms with E-state index in [-0.39, 0.29) is 17.8 Å². The highest BCUT2D eigenvalue weighted by molar-refractivity contribution is 5.76. The average molecular weight is 386 g/mol. The van der Waals surface area contributed by atoms with Crippen molar-refractivity contribution in [3.63, 3.8) is 0 Å². The molecule has 0 saturated heterocycles. The molecule has 0 spiro atoms. The zero-order chi connectivity index (χ0) is 20.1. The highest BCUT2D eigenvalue weighted by Crippen LogP contribution is 2.29. The average Bonchev–Trinajstić information content (AvgIpc) is 2.83. The molecule has 1 amide bonds. The SMILES string of the molecule is COc1ccc2c(c1)OC(C)CN(CCC(=O)NCc1cc(F)ccc1C)C2. The summed E-state index contributed by atoms with van der Waals surface area (Å²) in [6.07, 6.45) is 0.401. The molecule has 1 N–H and O–H groups in total. The van der Waals surface area contributed by atoms with E-state index in [0.717, 1.165) is 41.3 Å². The molecule has 150 valence electrons. The molecule has 0 fully saturated rings. The number of rotatable bonds is 6. The van der Waals surface area contributed by atoms with Gasteiger partial charge >= 0.3 is 0 Å². The number of amides is 1. The van der Waals surface area contributed by atoms with Gasteiger partial charge in [-0.15, -0.1) is 0 Å². The number of carbonyl (C=O) groups excluding carboxylic acids is 1. The molecule has 5 nitrogen and oxygen atoms in total. The molecule has 1 unspecified atom stereocenters. The zero-order valence-electron chi connectivity index (χ0n) is 16.6. The monoisotopic (exact) mass is 386 g/mol. The van der Waals surface area contributed by atoms with Crippen molar-refractivity contribution in [3.8, 4) is 11.5 Å². The van der Waals surface area contributed by atoms with Crippen molar-refractivity contribution < 1.29 is 18.7 Å². The molecule has 0 aromatic heterocycles. The van der Waals surface area contributed by atoms with Crippen LogP contribution in [0.4, 0.5) is 4.39 Å². The van der Waals surface area contributed by atoms with Crippen LogP contribution in [0.2, 0.25) is 0 Å². The highest BCUT2D eigenvalue weighted by atomic mass is 19.1. The minimum Gasteiger partial charge on any atom is -0.497 e. The standard InChI is InChI=1S/C22H27FN2O3/c1-15-4-6-19(23)10-18(15)12-24-22(26)8-9-25-13-16(2)28-21-11-20(27-3)7-5-17(21)14-25/h4-7,10-11,16H,8-9,12-14H2,1-3H3,(H,24,26). The number of hydrogen-bond acceptors (Lipinski definition) is 4. The van der Waals surface area contributed by atoms with E-state index in [1.165, 1.54) is 12.1 Å². The van der Waals surface area contributed by atoms with E-state index in [4.69, 9.17) is 9.47 Å². The maximum atomic E-state index is 13.4. The van der Waals surface area contributed by atoms with Crippen molar-refractivity contribution >= 4 is 5.91 Å². The first-order valence-electron chi connectivity index (χ1n) is 9.52. The summed E-state index contributed by atoms with van der Waals surface area (Å²) in [4.78, 5) is 14.5. The molecular formula is C22H27FN2O3. The summed E-state index contributed by atoms with van der Waals surface area (Å²) in [6, 6.07) is 10.5. The lowest BCUT2D eigenvalue weighted by Crippen LogP contribution is -2.34. The number of carbonyl (C=O) groups is 1. The molecule has 0 saturated carbocycles. The molecule has 1 aliphatic heterocycles. The number of ether oxygens (including phenoxy) is 2. The molecule has 2 aromatic rings. The number of aryl methyl sites for hydroxylation is 1. The minimum atomic E-state index is -0.288. The summed E-state index contributed by atoms with van der Waals surface area (Å²) in [5.74, 6) is 1.27. The van der Waals surface area contributed by atoms with Gasteiger partial charge in [-0.25, -0.2) is 4.39 Å². The fraction of sp³-hybridized carbons (Fsp3) is 0.409. The second-order valence-corrected chi connectivity index (χ2v) is 7.23. The van der Waals surface area contributed by atoms with E-state index in [9.17, 15) is 9.18 Å². The molecule has 0 bridgehead atoms. The summed E-state index contributed by atoms with van der Waals surface area (Å²) < 4.78 is 24.6. The van der Waals surface area contributed by atoms with E-state index in [1.807, 2.05) is 32.0 Å². The van der Waals surface area contributed by atoms with Crippen LogP contribution in [0.3, 0.4) is 0 Å². The first-order valence-corrected chi connectivity index (χ1v) is 9.52. The first kappa shape index (κ1) is 20.1. The van der Waals surface area contributed by atoms with Gasteiger partial charge in [0.25, 0.3) is 0 Å². The van der Waals surface area contributed by atoms with Gasteiger partial charge in [0, 0.05) is 44.2 Å². The molecular weight excluding hydrogens is 359 g/mol. The van der Waals surface area contributed by atoms with Crippen LogP contribution in [0.15, 0.2) is 36.4 Å². The van der Waals surface area contributed by atoms with Crippen LogP contribution in [0.25, 0.3) is 0 Å². The van der Waals surface area contributed by atoms with Crippen LogP contribution < -0.4 is 14.8 Å². The Morgan fingerprint density at radius 1 is 1.32 bits per heavy atom. The Morgan fingerprint density at radius 2 is 2.14 bits per heavy atom. The Labute approximate surface area is 165 Å². The Kier molecular flexibility index (Phi) is 6.52. The second-order valence-electron chi connectivity index (χ2n) is 7.23. The molecule has 28 heavy (non-hydrogen) atoms. The number of nitrogens with one attached hydrogen (secondary N) is 1. The number of hydrogen-bond donors (Lipinski definition) is 1. The van der Waals surface area contributed by atoms with Gasteiger partial charge in [-0.05, 0) is 43.2 Å². The van der Waals surface area contributed by atoms with E-state index in [2.05, 4.69) is 10.2 Å². The highest BCUT2D eigenvalue weighted by Gasteiger charge is 2.21. The van der Waals surface area contributed by atoms with Gasteiger partial charge in [-0.2, -0.15) is 0 Å². The molecule has 1 aliphatic rings. The quantitative estimate of drug-likeness (QED) is 0.826. The molecule has 6 heteroatoms. The van der Waals surface area contributed by atoms with Gasteiger partial charge in [0.1, 0.15) is 23.4 Å². The lowest BCUT2D eigenvalue weighted by Gasteiger charge is -2.21. The Balaban J connectivity index is 1.54. The molecule has 1 atom stereocenters. The van der Waals surface area contributed by atoms with Crippen LogP contribution in [-0.2, 0) is 17.9 Å². The lowest BCUT2D eigenvalue weighted by atomic mass is 10.1.